The molecular weight excluding hydrogens is 526 g/mol. The number of primary amides is 1. The number of nitrogens with two attached hydrogens (primary N) is 1. The first-order chi connectivity index (χ1) is 19.6. The lowest BCUT2D eigenvalue weighted by Crippen LogP contribution is -2.63. The first-order valence-corrected chi connectivity index (χ1v) is 14.2. The molecule has 41 heavy (non-hydrogen) atoms. The number of fused-ring (bicyclic) bond motifs is 3. The molecule has 0 radical (unpaired) electrons. The highest BCUT2D eigenvalue weighted by Crippen LogP contribution is 2.52. The number of rotatable bonds is 5. The third kappa shape index (κ3) is 4.50. The number of ketones is 2. The number of aliphatic hydroxyl groups excluding tert-OH is 2. The van der Waals surface area contributed by atoms with Crippen LogP contribution in [0.3, 0.4) is 0 Å². The van der Waals surface area contributed by atoms with Crippen LogP contribution in [-0.2, 0) is 22.6 Å². The van der Waals surface area contributed by atoms with Gasteiger partial charge in [0.15, 0.2) is 17.2 Å². The number of piperidine rings is 1. The van der Waals surface area contributed by atoms with Gasteiger partial charge in [0.25, 0.3) is 0 Å². The number of Topliss-reactive ketones (excluding diaryl/α,β-unsaturated/α-hetero) is 2. The average Bonchev–Trinajstić information content (AvgIpc) is 2.93. The minimum absolute atomic E-state index is 0.0334. The molecule has 1 aliphatic heterocycles. The number of carbonyl (C=O) groups excluding carboxylic acids is 3. The second-order valence-corrected chi connectivity index (χ2v) is 11.9. The summed E-state index contributed by atoms with van der Waals surface area (Å²) in [5.74, 6) is -7.05. The van der Waals surface area contributed by atoms with Crippen molar-refractivity contribution in [3.05, 3.63) is 70.5 Å². The van der Waals surface area contributed by atoms with Gasteiger partial charge in [-0.3, -0.25) is 19.3 Å². The van der Waals surface area contributed by atoms with Crippen LogP contribution in [-0.4, -0.2) is 73.6 Å². The highest BCUT2D eigenvalue weighted by atomic mass is 16.3. The van der Waals surface area contributed by atoms with Crippen LogP contribution >= 0.6 is 0 Å². The molecule has 1 amide bonds. The molecular formula is C31H35N3O7. The normalized spacial score (nSPS) is 30.4. The number of nitrogens with zero attached hydrogens (tertiary/aromatic N) is 1. The van der Waals surface area contributed by atoms with Gasteiger partial charge in [0.05, 0.1) is 11.7 Å². The van der Waals surface area contributed by atoms with Crippen LogP contribution < -0.4 is 11.1 Å². The molecule has 2 aromatic rings. The highest BCUT2D eigenvalue weighted by molar-refractivity contribution is 6.16. The molecule has 2 aromatic carbocycles. The van der Waals surface area contributed by atoms with Crippen molar-refractivity contribution in [3.63, 3.8) is 0 Å². The number of hydrogen-bond donors (Lipinski definition) is 6. The van der Waals surface area contributed by atoms with Crippen LogP contribution in [0.1, 0.15) is 47.2 Å². The molecule has 1 heterocycles. The Hall–Kier alpha value is -3.73. The van der Waals surface area contributed by atoms with E-state index in [1.54, 1.807) is 6.07 Å². The fourth-order valence-corrected chi connectivity index (χ4v) is 7.36. The standard InChI is InChI=1S/C31H35N3O7/c32-30(40)26-23(36)14-18-12-17-13-20-21(33-19-8-10-34(11-9-19)15-16-4-2-1-3-5-16)6-7-22(35)25(20)27(37)24(17)28(38)31(18,41)29(26)39/h1-7,17-19,23,26,33,35-36,38,41H,8-15H2,(H2,32,40)/t17-,18+,23?,26?,31+/m1/s1. The third-order valence-electron chi connectivity index (χ3n) is 9.47. The Bertz CT molecular complexity index is 1430. The minimum atomic E-state index is -2.50. The second kappa shape index (κ2) is 10.3. The summed E-state index contributed by atoms with van der Waals surface area (Å²) in [6, 6.07) is 13.7. The number of anilines is 1. The number of aliphatic hydroxyl groups is 3. The van der Waals surface area contributed by atoms with Crippen molar-refractivity contribution >= 4 is 23.2 Å². The van der Waals surface area contributed by atoms with E-state index in [4.69, 9.17) is 5.73 Å². The monoisotopic (exact) mass is 561 g/mol. The Balaban J connectivity index is 1.25. The number of carbonyl (C=O) groups is 3. The molecule has 10 heteroatoms. The van der Waals surface area contributed by atoms with Crippen LogP contribution in [0.4, 0.5) is 5.69 Å². The zero-order valence-electron chi connectivity index (χ0n) is 22.6. The van der Waals surface area contributed by atoms with Crippen LogP contribution in [0, 0.1) is 17.8 Å². The number of nitrogens with one attached hydrogen (secondary N) is 1. The molecule has 1 saturated carbocycles. The smallest absolute Gasteiger partial charge is 0.230 e. The molecule has 6 rings (SSSR count). The summed E-state index contributed by atoms with van der Waals surface area (Å²) in [6.45, 7) is 2.72. The van der Waals surface area contributed by atoms with Crippen LogP contribution in [0.2, 0.25) is 0 Å². The number of phenolic OH excluding ortho intramolecular Hbond substituents is 1. The number of hydrogen-bond acceptors (Lipinski definition) is 9. The van der Waals surface area contributed by atoms with Crippen molar-refractivity contribution in [2.75, 3.05) is 18.4 Å². The lowest BCUT2D eigenvalue weighted by molar-refractivity contribution is -0.167. The first kappa shape index (κ1) is 27.4. The van der Waals surface area contributed by atoms with Crippen molar-refractivity contribution < 1.29 is 34.8 Å². The van der Waals surface area contributed by atoms with Gasteiger partial charge in [0, 0.05) is 42.9 Å². The number of likely N-dealkylation sites (tertiary alicyclic amines) is 1. The summed E-state index contributed by atoms with van der Waals surface area (Å²) in [5, 5.41) is 47.4. The van der Waals surface area contributed by atoms with E-state index in [0.29, 0.717) is 12.0 Å². The number of phenols is 1. The molecule has 3 aliphatic carbocycles. The SMILES string of the molecule is NC(=O)C1C(=O)[C@@]2(O)C(O)=C3C(=O)c4c(O)ccc(NC5CCN(Cc6ccccc6)CC5)c4C[C@H]3C[C@H]2CC1O. The van der Waals surface area contributed by atoms with Crippen molar-refractivity contribution in [2.24, 2.45) is 23.5 Å². The Morgan fingerprint density at radius 1 is 1.05 bits per heavy atom. The Kier molecular flexibility index (Phi) is 6.88. The van der Waals surface area contributed by atoms with Gasteiger partial charge in [0.1, 0.15) is 17.4 Å². The summed E-state index contributed by atoms with van der Waals surface area (Å²) >= 11 is 0. The summed E-state index contributed by atoms with van der Waals surface area (Å²) in [6.07, 6.45) is 0.726. The quantitative estimate of drug-likeness (QED) is 0.235. The first-order valence-electron chi connectivity index (χ1n) is 14.2. The summed E-state index contributed by atoms with van der Waals surface area (Å²) in [4.78, 5) is 41.2. The summed E-state index contributed by atoms with van der Waals surface area (Å²) in [7, 11) is 0. The van der Waals surface area contributed by atoms with Gasteiger partial charge in [-0.05, 0) is 61.3 Å². The predicted octanol–water partition coefficient (Wildman–Crippen LogP) is 1.82. The van der Waals surface area contributed by atoms with E-state index < -0.39 is 52.7 Å². The lowest BCUT2D eigenvalue weighted by atomic mass is 9.58. The van der Waals surface area contributed by atoms with Crippen LogP contribution in [0.25, 0.3) is 0 Å². The van der Waals surface area contributed by atoms with Gasteiger partial charge >= 0.3 is 0 Å². The van der Waals surface area contributed by atoms with Crippen molar-refractivity contribution in [3.8, 4) is 5.75 Å². The molecule has 1 saturated heterocycles. The van der Waals surface area contributed by atoms with Crippen LogP contribution in [0.5, 0.6) is 5.75 Å². The molecule has 2 fully saturated rings. The molecule has 4 aliphatic rings. The van der Waals surface area contributed by atoms with Gasteiger partial charge in [-0.2, -0.15) is 0 Å². The summed E-state index contributed by atoms with van der Waals surface area (Å²) in [5.41, 5.74) is 5.35. The molecule has 10 nitrogen and oxygen atoms in total. The highest BCUT2D eigenvalue weighted by Gasteiger charge is 2.62. The van der Waals surface area contributed by atoms with E-state index in [1.807, 2.05) is 18.2 Å². The van der Waals surface area contributed by atoms with E-state index in [0.717, 1.165) is 38.2 Å². The molecule has 7 N–H and O–H groups in total. The number of allylic oxidation sites excluding steroid dienone is 1. The molecule has 0 spiro atoms. The zero-order chi connectivity index (χ0) is 29.1. The predicted molar refractivity (Wildman–Crippen MR) is 149 cm³/mol. The van der Waals surface area contributed by atoms with E-state index in [1.165, 1.54) is 11.6 Å². The maximum absolute atomic E-state index is 13.8. The van der Waals surface area contributed by atoms with Crippen molar-refractivity contribution in [1.82, 2.24) is 4.90 Å². The van der Waals surface area contributed by atoms with Gasteiger partial charge in [0.2, 0.25) is 5.91 Å². The number of amides is 1. The van der Waals surface area contributed by atoms with Gasteiger partial charge in [-0.15, -0.1) is 0 Å². The maximum Gasteiger partial charge on any atom is 0.230 e. The fraction of sp³-hybridized carbons (Fsp3) is 0.452. The molecule has 0 bridgehead atoms. The average molecular weight is 562 g/mol. The Labute approximate surface area is 237 Å². The van der Waals surface area contributed by atoms with Gasteiger partial charge in [-0.1, -0.05) is 30.3 Å². The van der Waals surface area contributed by atoms with E-state index >= 15 is 0 Å². The molecule has 5 atom stereocenters. The molecule has 0 aromatic heterocycles. The van der Waals surface area contributed by atoms with Gasteiger partial charge in [-0.25, -0.2) is 0 Å². The Morgan fingerprint density at radius 2 is 1.76 bits per heavy atom. The van der Waals surface area contributed by atoms with E-state index in [2.05, 4.69) is 22.3 Å². The van der Waals surface area contributed by atoms with Gasteiger partial charge < -0.3 is 31.5 Å². The van der Waals surface area contributed by atoms with Crippen molar-refractivity contribution in [1.29, 1.82) is 0 Å². The minimum Gasteiger partial charge on any atom is -0.508 e. The van der Waals surface area contributed by atoms with E-state index in [-0.39, 0.29) is 35.8 Å². The second-order valence-electron chi connectivity index (χ2n) is 11.9. The van der Waals surface area contributed by atoms with E-state index in [9.17, 15) is 34.8 Å². The largest absolute Gasteiger partial charge is 0.508 e. The topological polar surface area (TPSA) is 173 Å². The maximum atomic E-state index is 13.8. The van der Waals surface area contributed by atoms with Crippen LogP contribution in [0.15, 0.2) is 53.8 Å². The number of aromatic hydroxyl groups is 1. The molecule has 216 valence electrons. The summed E-state index contributed by atoms with van der Waals surface area (Å²) < 4.78 is 0. The molecule has 2 unspecified atom stereocenters. The third-order valence-corrected chi connectivity index (χ3v) is 9.47. The fourth-order valence-electron chi connectivity index (χ4n) is 7.36. The van der Waals surface area contributed by atoms with Crippen molar-refractivity contribution in [2.45, 2.75) is 56.4 Å². The Morgan fingerprint density at radius 3 is 2.44 bits per heavy atom. The lowest BCUT2D eigenvalue weighted by Gasteiger charge is -2.48. The number of benzene rings is 2. The zero-order valence-corrected chi connectivity index (χ0v) is 22.6.